The van der Waals surface area contributed by atoms with Crippen molar-refractivity contribution in [1.29, 1.82) is 0 Å². The number of hydrogen-bond donors (Lipinski definition) is 2. The Morgan fingerprint density at radius 3 is 1.67 bits per heavy atom. The van der Waals surface area contributed by atoms with Crippen molar-refractivity contribution in [3.8, 4) is 0 Å². The first kappa shape index (κ1) is 18.0. The van der Waals surface area contributed by atoms with Crippen LogP contribution in [0, 0.1) is 0 Å². The Bertz CT molecular complexity index is 181. The fraction of sp³-hybridized carbons (Fsp3) is 1.00. The zero-order valence-corrected chi connectivity index (χ0v) is 13.0. The third-order valence-electron chi connectivity index (χ3n) is 2.40. The molecule has 0 aromatic heterocycles. The molecule has 0 fully saturated rings. The van der Waals surface area contributed by atoms with Gasteiger partial charge in [-0.3, -0.25) is 4.57 Å². The van der Waals surface area contributed by atoms with Gasteiger partial charge in [0, 0.05) is 32.9 Å². The molecule has 0 bridgehead atoms. The molecule has 0 rings (SSSR count). The second-order valence-corrected chi connectivity index (χ2v) is 6.29. The number of hydrogen-bond acceptors (Lipinski definition) is 6. The predicted octanol–water partition coefficient (Wildman–Crippen LogP) is 0.141. The van der Waals surface area contributed by atoms with Gasteiger partial charge in [-0.1, -0.05) is 0 Å². The Balaban J connectivity index is 4.88. The van der Waals surface area contributed by atoms with Crippen LogP contribution in [0.1, 0.15) is 27.2 Å². The summed E-state index contributed by atoms with van der Waals surface area (Å²) in [4.78, 5) is 0. The lowest BCUT2D eigenvalue weighted by Crippen LogP contribution is -2.62. The van der Waals surface area contributed by atoms with Crippen LogP contribution in [0.2, 0.25) is 0 Å². The maximum atomic E-state index is 5.85. The smallest absolute Gasteiger partial charge is 0.361 e. The monoisotopic (exact) mass is 279 g/mol. The summed E-state index contributed by atoms with van der Waals surface area (Å²) in [6.45, 7) is 10.2. The highest BCUT2D eigenvalue weighted by Gasteiger charge is 2.47. The molecule has 0 aromatic carbocycles. The molecular weight excluding hydrogens is 250 g/mol. The van der Waals surface area contributed by atoms with Crippen LogP contribution in [0.25, 0.3) is 0 Å². The molecule has 7 heteroatoms. The molecule has 18 heavy (non-hydrogen) atoms. The van der Waals surface area contributed by atoms with Gasteiger partial charge in [0.25, 0.3) is 0 Å². The van der Waals surface area contributed by atoms with E-state index in [4.69, 9.17) is 24.7 Å². The third kappa shape index (κ3) is 5.74. The Morgan fingerprint density at radius 2 is 1.33 bits per heavy atom. The molecule has 0 amide bonds. The summed E-state index contributed by atoms with van der Waals surface area (Å²) in [7, 11) is -2.79. The van der Waals surface area contributed by atoms with Crippen molar-refractivity contribution < 1.29 is 13.3 Å². The van der Waals surface area contributed by atoms with Crippen LogP contribution in [-0.4, -0.2) is 59.5 Å². The molecule has 6 nitrogen and oxygen atoms in total. The Hall–Kier alpha value is -0.0231. The van der Waals surface area contributed by atoms with E-state index in [0.717, 1.165) is 13.0 Å². The summed E-state index contributed by atoms with van der Waals surface area (Å²) in [6, 6.07) is 0. The second-order valence-electron chi connectivity index (χ2n) is 3.74. The van der Waals surface area contributed by atoms with Gasteiger partial charge in [0.2, 0.25) is 0 Å². The maximum Gasteiger partial charge on any atom is 0.599 e. The second kappa shape index (κ2) is 10.9. The van der Waals surface area contributed by atoms with E-state index in [1.54, 1.807) is 0 Å². The van der Waals surface area contributed by atoms with Crippen LogP contribution in [0.5, 0.6) is 0 Å². The number of nitrogens with zero attached hydrogens (tertiary/aromatic N) is 1. The van der Waals surface area contributed by atoms with Crippen molar-refractivity contribution in [3.63, 3.8) is 0 Å². The van der Waals surface area contributed by atoms with Gasteiger partial charge in [0.15, 0.2) is 0 Å². The molecule has 0 spiro atoms. The average molecular weight is 279 g/mol. The van der Waals surface area contributed by atoms with Crippen molar-refractivity contribution in [2.24, 2.45) is 11.5 Å². The van der Waals surface area contributed by atoms with Crippen LogP contribution in [0.15, 0.2) is 0 Å². The lowest BCUT2D eigenvalue weighted by molar-refractivity contribution is 0.0172. The van der Waals surface area contributed by atoms with Crippen LogP contribution < -0.4 is 11.5 Å². The highest BCUT2D eigenvalue weighted by molar-refractivity contribution is 6.57. The standard InChI is InChI=1S/C11H29N3O3Si/c1-4-15-18(16-5-2,17-6-3)14(11-9-13)10-7-8-12/h4-13H2,1-3H3. The van der Waals surface area contributed by atoms with Crippen molar-refractivity contribution in [2.75, 3.05) is 46.0 Å². The summed E-state index contributed by atoms with van der Waals surface area (Å²) >= 11 is 0. The number of nitrogens with two attached hydrogens (primary N) is 2. The first-order valence-corrected chi connectivity index (χ1v) is 8.44. The topological polar surface area (TPSA) is 83.0 Å². The molecular formula is C11H29N3O3Si. The molecule has 0 radical (unpaired) electrons. The van der Waals surface area contributed by atoms with Crippen molar-refractivity contribution in [3.05, 3.63) is 0 Å². The van der Waals surface area contributed by atoms with Gasteiger partial charge in [-0.15, -0.1) is 0 Å². The molecule has 0 aliphatic heterocycles. The first-order valence-electron chi connectivity index (χ1n) is 6.77. The van der Waals surface area contributed by atoms with Crippen LogP contribution in [0.3, 0.4) is 0 Å². The molecule has 4 N–H and O–H groups in total. The van der Waals surface area contributed by atoms with E-state index in [2.05, 4.69) is 4.57 Å². The van der Waals surface area contributed by atoms with Gasteiger partial charge in [-0.05, 0) is 40.3 Å². The van der Waals surface area contributed by atoms with E-state index in [9.17, 15) is 0 Å². The van der Waals surface area contributed by atoms with Crippen LogP contribution in [0.4, 0.5) is 0 Å². The summed E-state index contributed by atoms with van der Waals surface area (Å²) in [5.41, 5.74) is 11.2. The van der Waals surface area contributed by atoms with E-state index in [-0.39, 0.29) is 0 Å². The van der Waals surface area contributed by atoms with Gasteiger partial charge < -0.3 is 24.7 Å². The first-order chi connectivity index (χ1) is 8.70. The zero-order chi connectivity index (χ0) is 13.9. The Labute approximate surface area is 112 Å². The molecule has 0 saturated carbocycles. The minimum Gasteiger partial charge on any atom is -0.361 e. The Morgan fingerprint density at radius 1 is 0.833 bits per heavy atom. The molecule has 0 aliphatic rings. The van der Waals surface area contributed by atoms with E-state index in [1.165, 1.54) is 0 Å². The van der Waals surface area contributed by atoms with Crippen molar-refractivity contribution in [1.82, 2.24) is 4.57 Å². The largest absolute Gasteiger partial charge is 0.599 e. The quantitative estimate of drug-likeness (QED) is 0.495. The van der Waals surface area contributed by atoms with E-state index >= 15 is 0 Å². The molecule has 0 saturated heterocycles. The average Bonchev–Trinajstić information content (AvgIpc) is 2.35. The lowest BCUT2D eigenvalue weighted by Gasteiger charge is -2.37. The van der Waals surface area contributed by atoms with Gasteiger partial charge in [-0.25, -0.2) is 0 Å². The highest BCUT2D eigenvalue weighted by atomic mass is 28.4. The normalized spacial score (nSPS) is 12.3. The van der Waals surface area contributed by atoms with E-state index in [1.807, 2.05) is 20.8 Å². The van der Waals surface area contributed by atoms with Gasteiger partial charge in [0.1, 0.15) is 0 Å². The van der Waals surface area contributed by atoms with Crippen molar-refractivity contribution in [2.45, 2.75) is 27.2 Å². The molecule has 0 heterocycles. The minimum atomic E-state index is -2.79. The van der Waals surface area contributed by atoms with Gasteiger partial charge in [-0.2, -0.15) is 0 Å². The van der Waals surface area contributed by atoms with Crippen LogP contribution >= 0.6 is 0 Å². The lowest BCUT2D eigenvalue weighted by atomic mass is 10.4. The maximum absolute atomic E-state index is 5.85. The fourth-order valence-corrected chi connectivity index (χ4v) is 4.50. The van der Waals surface area contributed by atoms with E-state index < -0.39 is 8.97 Å². The molecule has 0 atom stereocenters. The molecule has 0 aromatic rings. The molecule has 0 unspecified atom stereocenters. The summed E-state index contributed by atoms with van der Waals surface area (Å²) in [5, 5.41) is 0. The SMILES string of the molecule is CCO[Si](OCC)(OCC)N(CCN)CCCN. The summed E-state index contributed by atoms with van der Waals surface area (Å²) in [5.74, 6) is 0. The molecule has 0 aliphatic carbocycles. The fourth-order valence-electron chi connectivity index (χ4n) is 1.77. The number of rotatable bonds is 12. The summed E-state index contributed by atoms with van der Waals surface area (Å²) < 4.78 is 19.6. The zero-order valence-electron chi connectivity index (χ0n) is 12.0. The van der Waals surface area contributed by atoms with Crippen molar-refractivity contribution >= 4 is 8.97 Å². The predicted molar refractivity (Wildman–Crippen MR) is 74.9 cm³/mol. The van der Waals surface area contributed by atoms with Gasteiger partial charge >= 0.3 is 8.97 Å². The Kier molecular flexibility index (Phi) is 10.8. The van der Waals surface area contributed by atoms with Gasteiger partial charge in [0.05, 0.1) is 0 Å². The highest BCUT2D eigenvalue weighted by Crippen LogP contribution is 2.16. The third-order valence-corrected chi connectivity index (χ3v) is 5.58. The molecule has 110 valence electrons. The minimum absolute atomic E-state index is 0.548. The van der Waals surface area contributed by atoms with E-state index in [0.29, 0.717) is 39.5 Å². The summed E-state index contributed by atoms with van der Waals surface area (Å²) in [6.07, 6.45) is 0.877. The van der Waals surface area contributed by atoms with Crippen LogP contribution in [-0.2, 0) is 13.3 Å².